The number of amides is 2. The molecule has 10 heteroatoms. The minimum absolute atomic E-state index is 0.0674. The van der Waals surface area contributed by atoms with Crippen molar-refractivity contribution in [1.29, 1.82) is 0 Å². The lowest BCUT2D eigenvalue weighted by molar-refractivity contribution is -0.141. The molecule has 0 aliphatic heterocycles. The topological polar surface area (TPSA) is 86.8 Å². The molecule has 2 amide bonds. The van der Waals surface area contributed by atoms with E-state index in [4.69, 9.17) is 23.2 Å². The monoisotopic (exact) mass is 629 g/mol. The van der Waals surface area contributed by atoms with E-state index in [-0.39, 0.29) is 42.3 Å². The van der Waals surface area contributed by atoms with E-state index in [1.54, 1.807) is 53.4 Å². The maximum absolute atomic E-state index is 13.9. The molecule has 224 valence electrons. The lowest BCUT2D eigenvalue weighted by Crippen LogP contribution is -2.52. The number of nitrogens with zero attached hydrogens (tertiary/aromatic N) is 2. The van der Waals surface area contributed by atoms with Gasteiger partial charge in [-0.15, -0.1) is 0 Å². The van der Waals surface area contributed by atoms with Crippen LogP contribution in [0.15, 0.2) is 83.8 Å². The maximum atomic E-state index is 13.9. The first-order valence-corrected chi connectivity index (χ1v) is 16.4. The third kappa shape index (κ3) is 8.57. The van der Waals surface area contributed by atoms with Crippen LogP contribution in [0.1, 0.15) is 49.7 Å². The third-order valence-electron chi connectivity index (χ3n) is 7.62. The lowest BCUT2D eigenvalue weighted by Gasteiger charge is -2.32. The van der Waals surface area contributed by atoms with Crippen LogP contribution in [0, 0.1) is 0 Å². The van der Waals surface area contributed by atoms with Gasteiger partial charge in [-0.25, -0.2) is 12.7 Å². The van der Waals surface area contributed by atoms with Gasteiger partial charge in [0.1, 0.15) is 6.04 Å². The number of sulfonamides is 1. The smallest absolute Gasteiger partial charge is 0.243 e. The number of carbonyl (C=O) groups excluding carboxylic acids is 2. The highest BCUT2D eigenvalue weighted by Gasteiger charge is 2.32. The molecule has 0 bridgehead atoms. The Bertz CT molecular complexity index is 1450. The van der Waals surface area contributed by atoms with Gasteiger partial charge in [0.25, 0.3) is 0 Å². The fourth-order valence-corrected chi connectivity index (χ4v) is 6.80. The zero-order valence-electron chi connectivity index (χ0n) is 23.7. The van der Waals surface area contributed by atoms with Gasteiger partial charge >= 0.3 is 0 Å². The Morgan fingerprint density at radius 3 is 2.19 bits per heavy atom. The quantitative estimate of drug-likeness (QED) is 0.248. The summed E-state index contributed by atoms with van der Waals surface area (Å²) in [7, 11) is -2.17. The van der Waals surface area contributed by atoms with Gasteiger partial charge in [0.2, 0.25) is 21.8 Å². The Balaban J connectivity index is 1.56. The van der Waals surface area contributed by atoms with Gasteiger partial charge < -0.3 is 10.2 Å². The summed E-state index contributed by atoms with van der Waals surface area (Å²) in [6, 6.07) is 22.3. The van der Waals surface area contributed by atoms with E-state index in [1.807, 2.05) is 30.3 Å². The molecule has 1 fully saturated rings. The Kier molecular flexibility index (Phi) is 11.4. The van der Waals surface area contributed by atoms with Crippen molar-refractivity contribution < 1.29 is 18.0 Å². The molecule has 0 saturated heterocycles. The molecule has 1 aliphatic rings. The van der Waals surface area contributed by atoms with E-state index < -0.39 is 16.1 Å². The van der Waals surface area contributed by atoms with Gasteiger partial charge in [0, 0.05) is 39.0 Å². The fraction of sp³-hybridized carbons (Fsp3) is 0.375. The van der Waals surface area contributed by atoms with Gasteiger partial charge in [-0.3, -0.25) is 9.59 Å². The third-order valence-corrected chi connectivity index (χ3v) is 10.2. The largest absolute Gasteiger partial charge is 0.352 e. The molecule has 1 atom stereocenters. The summed E-state index contributed by atoms with van der Waals surface area (Å²) in [5.41, 5.74) is 1.68. The normalized spacial score (nSPS) is 14.6. The first-order valence-electron chi connectivity index (χ1n) is 14.2. The Morgan fingerprint density at radius 1 is 0.905 bits per heavy atom. The second-order valence-corrected chi connectivity index (χ2v) is 13.6. The lowest BCUT2D eigenvalue weighted by atomic mass is 10.0. The summed E-state index contributed by atoms with van der Waals surface area (Å²) in [6.45, 7) is 0.310. The SMILES string of the molecule is CN(CCCC(=O)N(Cc1ccc(Cl)c(Cl)c1)[C@@H](Cc1ccccc1)C(=O)NC1CCCC1)S(=O)(=O)c1ccccc1. The minimum atomic E-state index is -3.68. The van der Waals surface area contributed by atoms with Crippen LogP contribution in [0.25, 0.3) is 0 Å². The zero-order chi connectivity index (χ0) is 30.1. The van der Waals surface area contributed by atoms with Crippen LogP contribution in [0.4, 0.5) is 0 Å². The second-order valence-electron chi connectivity index (χ2n) is 10.7. The first kappa shape index (κ1) is 32.0. The van der Waals surface area contributed by atoms with Crippen LogP contribution < -0.4 is 5.32 Å². The summed E-state index contributed by atoms with van der Waals surface area (Å²) in [4.78, 5) is 29.5. The van der Waals surface area contributed by atoms with Crippen molar-refractivity contribution in [3.8, 4) is 0 Å². The average molecular weight is 631 g/mol. The van der Waals surface area contributed by atoms with Crippen molar-refractivity contribution in [3.05, 3.63) is 100 Å². The highest BCUT2D eigenvalue weighted by atomic mass is 35.5. The molecule has 0 spiro atoms. The van der Waals surface area contributed by atoms with E-state index in [2.05, 4.69) is 5.32 Å². The number of carbonyl (C=O) groups is 2. The van der Waals surface area contributed by atoms with Gasteiger partial charge in [0.05, 0.1) is 14.9 Å². The molecule has 0 aromatic heterocycles. The molecular formula is C32H37Cl2N3O4S. The highest BCUT2D eigenvalue weighted by Crippen LogP contribution is 2.25. The van der Waals surface area contributed by atoms with E-state index >= 15 is 0 Å². The van der Waals surface area contributed by atoms with E-state index in [1.165, 1.54) is 11.4 Å². The highest BCUT2D eigenvalue weighted by molar-refractivity contribution is 7.89. The predicted octanol–water partition coefficient (Wildman–Crippen LogP) is 6.09. The maximum Gasteiger partial charge on any atom is 0.243 e. The summed E-state index contributed by atoms with van der Waals surface area (Å²) in [6.07, 6.45) is 4.69. The van der Waals surface area contributed by atoms with Crippen LogP contribution in [0.5, 0.6) is 0 Å². The molecule has 3 aromatic carbocycles. The molecule has 42 heavy (non-hydrogen) atoms. The van der Waals surface area contributed by atoms with Gasteiger partial charge in [-0.05, 0) is 54.7 Å². The standard InChI is InChI=1S/C32H37Cl2N3O4S/c1-36(42(40,41)27-15-6-3-7-16-27)20-10-17-31(38)37(23-25-18-19-28(33)29(34)21-25)30(22-24-11-4-2-5-12-24)32(39)35-26-13-8-9-14-26/h2-7,11-12,15-16,18-19,21,26,30H,8-10,13-14,17,20,22-23H2,1H3,(H,35,39)/t30-/m0/s1. The Hall–Kier alpha value is -2.91. The molecular weight excluding hydrogens is 593 g/mol. The van der Waals surface area contributed by atoms with Crippen molar-refractivity contribution in [2.75, 3.05) is 13.6 Å². The molecule has 0 heterocycles. The van der Waals surface area contributed by atoms with Gasteiger partial charge in [-0.2, -0.15) is 0 Å². The zero-order valence-corrected chi connectivity index (χ0v) is 26.0. The van der Waals surface area contributed by atoms with E-state index in [0.29, 0.717) is 22.9 Å². The number of rotatable bonds is 13. The molecule has 4 rings (SSSR count). The van der Waals surface area contributed by atoms with Crippen molar-refractivity contribution >= 4 is 45.0 Å². The first-order chi connectivity index (χ1) is 20.1. The second kappa shape index (κ2) is 15.0. The molecule has 0 radical (unpaired) electrons. The number of benzene rings is 3. The van der Waals surface area contributed by atoms with Crippen molar-refractivity contribution in [1.82, 2.24) is 14.5 Å². The van der Waals surface area contributed by atoms with Gasteiger partial charge in [0.15, 0.2) is 0 Å². The average Bonchev–Trinajstić information content (AvgIpc) is 3.50. The molecule has 1 N–H and O–H groups in total. The summed E-state index contributed by atoms with van der Waals surface area (Å²) in [5, 5.41) is 3.95. The summed E-state index contributed by atoms with van der Waals surface area (Å²) in [5.74, 6) is -0.433. The number of hydrogen-bond acceptors (Lipinski definition) is 4. The molecule has 1 aliphatic carbocycles. The van der Waals surface area contributed by atoms with Crippen LogP contribution in [-0.4, -0.2) is 55.1 Å². The molecule has 0 unspecified atom stereocenters. The predicted molar refractivity (Wildman–Crippen MR) is 167 cm³/mol. The van der Waals surface area contributed by atoms with Crippen LogP contribution >= 0.6 is 23.2 Å². The number of hydrogen-bond donors (Lipinski definition) is 1. The number of nitrogens with one attached hydrogen (secondary N) is 1. The Morgan fingerprint density at radius 2 is 1.55 bits per heavy atom. The van der Waals surface area contributed by atoms with E-state index in [9.17, 15) is 18.0 Å². The van der Waals surface area contributed by atoms with Gasteiger partial charge in [-0.1, -0.05) is 90.6 Å². The summed E-state index contributed by atoms with van der Waals surface area (Å²) < 4.78 is 27.2. The van der Waals surface area contributed by atoms with Crippen LogP contribution in [0.2, 0.25) is 10.0 Å². The minimum Gasteiger partial charge on any atom is -0.352 e. The molecule has 1 saturated carbocycles. The van der Waals surface area contributed by atoms with Crippen molar-refractivity contribution in [2.45, 2.75) is 68.5 Å². The van der Waals surface area contributed by atoms with Crippen LogP contribution in [-0.2, 0) is 32.6 Å². The fourth-order valence-electron chi connectivity index (χ4n) is 5.25. The Labute approximate surface area is 258 Å². The van der Waals surface area contributed by atoms with Crippen molar-refractivity contribution in [3.63, 3.8) is 0 Å². The molecule has 7 nitrogen and oxygen atoms in total. The molecule has 3 aromatic rings. The van der Waals surface area contributed by atoms with Crippen molar-refractivity contribution in [2.24, 2.45) is 0 Å². The van der Waals surface area contributed by atoms with E-state index in [0.717, 1.165) is 36.8 Å². The summed E-state index contributed by atoms with van der Waals surface area (Å²) >= 11 is 12.4. The number of halogens is 2. The van der Waals surface area contributed by atoms with Crippen LogP contribution in [0.3, 0.4) is 0 Å².